The van der Waals surface area contributed by atoms with Crippen LogP contribution >= 0.6 is 23.1 Å². The highest BCUT2D eigenvalue weighted by Crippen LogP contribution is 2.32. The number of thioether (sulfide) groups is 1. The number of hydrogen-bond donors (Lipinski definition) is 0. The number of ether oxygens (including phenoxy) is 2. The van der Waals surface area contributed by atoms with E-state index in [0.29, 0.717) is 17.4 Å². The Morgan fingerprint density at radius 2 is 1.94 bits per heavy atom. The minimum absolute atomic E-state index is 0.0343. The first-order valence-electron chi connectivity index (χ1n) is 11.4. The van der Waals surface area contributed by atoms with Crippen molar-refractivity contribution >= 4 is 55.1 Å². The fourth-order valence-corrected chi connectivity index (χ4v) is 5.57. The summed E-state index contributed by atoms with van der Waals surface area (Å²) in [6.07, 6.45) is 2.06. The summed E-state index contributed by atoms with van der Waals surface area (Å²) in [5.41, 5.74) is 0.914. The number of nitrogens with zero attached hydrogens (tertiary/aromatic N) is 3. The van der Waals surface area contributed by atoms with Gasteiger partial charge in [0.15, 0.2) is 11.7 Å². The van der Waals surface area contributed by atoms with Gasteiger partial charge in [0, 0.05) is 31.1 Å². The van der Waals surface area contributed by atoms with Crippen LogP contribution in [0, 0.1) is 0 Å². The Morgan fingerprint density at radius 3 is 2.76 bits per heavy atom. The second kappa shape index (κ2) is 10.7. The van der Waals surface area contributed by atoms with Crippen LogP contribution in [0.5, 0.6) is 5.75 Å². The Kier molecular flexibility index (Phi) is 7.30. The van der Waals surface area contributed by atoms with Gasteiger partial charge in [-0.25, -0.2) is 4.98 Å². The van der Waals surface area contributed by atoms with Crippen molar-refractivity contribution in [2.75, 3.05) is 57.2 Å². The maximum atomic E-state index is 13.4. The molecule has 1 aromatic heterocycles. The minimum atomic E-state index is -0.0921. The smallest absolute Gasteiger partial charge is 0.266 e. The van der Waals surface area contributed by atoms with E-state index < -0.39 is 0 Å². The average molecular weight is 494 g/mol. The largest absolute Gasteiger partial charge is 0.484 e. The zero-order chi connectivity index (χ0) is 23.3. The van der Waals surface area contributed by atoms with Crippen LogP contribution in [-0.2, 0) is 9.53 Å². The van der Waals surface area contributed by atoms with E-state index in [4.69, 9.17) is 14.5 Å². The normalized spacial score (nSPS) is 14.5. The highest BCUT2D eigenvalue weighted by atomic mass is 32.2. The van der Waals surface area contributed by atoms with Crippen molar-refractivity contribution in [3.05, 3.63) is 60.7 Å². The topological polar surface area (TPSA) is 54.9 Å². The molecule has 0 aliphatic carbocycles. The molecule has 1 fully saturated rings. The van der Waals surface area contributed by atoms with Gasteiger partial charge in [-0.2, -0.15) is 0 Å². The molecule has 34 heavy (non-hydrogen) atoms. The van der Waals surface area contributed by atoms with Gasteiger partial charge >= 0.3 is 0 Å². The highest BCUT2D eigenvalue weighted by Gasteiger charge is 2.22. The van der Waals surface area contributed by atoms with Gasteiger partial charge in [0.1, 0.15) is 5.75 Å². The van der Waals surface area contributed by atoms with E-state index >= 15 is 0 Å². The molecule has 4 aromatic rings. The number of amides is 1. The number of aromatic nitrogens is 1. The third-order valence-corrected chi connectivity index (χ3v) is 7.71. The Balaban J connectivity index is 1.34. The molecule has 1 amide bonds. The number of rotatable bonds is 8. The lowest BCUT2D eigenvalue weighted by Gasteiger charge is -2.29. The molecule has 0 atom stereocenters. The lowest BCUT2D eigenvalue weighted by atomic mass is 10.1. The van der Waals surface area contributed by atoms with Crippen LogP contribution in [0.15, 0.2) is 65.6 Å². The molecule has 8 heteroatoms. The van der Waals surface area contributed by atoms with E-state index in [2.05, 4.69) is 29.4 Å². The molecular formula is C26H27N3O3S2. The van der Waals surface area contributed by atoms with Crippen LogP contribution in [0.3, 0.4) is 0 Å². The molecule has 0 unspecified atom stereocenters. The number of carbonyl (C=O) groups is 1. The Morgan fingerprint density at radius 1 is 1.12 bits per heavy atom. The van der Waals surface area contributed by atoms with Gasteiger partial charge in [0.05, 0.1) is 23.4 Å². The molecule has 0 radical (unpaired) electrons. The maximum Gasteiger partial charge on any atom is 0.266 e. The lowest BCUT2D eigenvalue weighted by Crippen LogP contribution is -2.44. The van der Waals surface area contributed by atoms with Crippen molar-refractivity contribution in [1.29, 1.82) is 0 Å². The number of thiazole rings is 1. The van der Waals surface area contributed by atoms with E-state index in [-0.39, 0.29) is 12.5 Å². The zero-order valence-corrected chi connectivity index (χ0v) is 20.7. The molecule has 1 aliphatic rings. The summed E-state index contributed by atoms with van der Waals surface area (Å²) in [5, 5.41) is 2.95. The second-order valence-corrected chi connectivity index (χ2v) is 10.0. The standard InChI is InChI=1S/C26H27N3O3S2/c1-33-22-8-9-23-24(17-22)34-26(27-23)29(11-10-28-12-14-31-15-13-28)25(30)18-32-21-7-6-19-4-2-3-5-20(19)16-21/h2-9,16-17H,10-15,18H2,1H3. The van der Waals surface area contributed by atoms with Gasteiger partial charge in [-0.1, -0.05) is 41.7 Å². The van der Waals surface area contributed by atoms with Crippen molar-refractivity contribution in [3.8, 4) is 5.75 Å². The second-order valence-electron chi connectivity index (χ2n) is 8.13. The molecule has 3 aromatic carbocycles. The van der Waals surface area contributed by atoms with Crippen LogP contribution in [0.1, 0.15) is 0 Å². The molecule has 0 N–H and O–H groups in total. The molecule has 0 saturated carbocycles. The first-order chi connectivity index (χ1) is 16.7. The van der Waals surface area contributed by atoms with Crippen LogP contribution in [0.25, 0.3) is 21.0 Å². The first-order valence-corrected chi connectivity index (χ1v) is 13.4. The lowest BCUT2D eigenvalue weighted by molar-refractivity contribution is -0.120. The number of morpholine rings is 1. The van der Waals surface area contributed by atoms with Crippen molar-refractivity contribution in [2.24, 2.45) is 0 Å². The molecule has 176 valence electrons. The summed E-state index contributed by atoms with van der Waals surface area (Å²) in [7, 11) is 0. The summed E-state index contributed by atoms with van der Waals surface area (Å²) < 4.78 is 12.5. The SMILES string of the molecule is CSc1ccc2nc(N(CCN3CCOCC3)C(=O)COc3ccc4ccccc4c3)sc2c1. The fourth-order valence-electron chi connectivity index (χ4n) is 4.01. The van der Waals surface area contributed by atoms with Crippen molar-refractivity contribution < 1.29 is 14.3 Å². The minimum Gasteiger partial charge on any atom is -0.484 e. The monoisotopic (exact) mass is 493 g/mol. The summed E-state index contributed by atoms with van der Waals surface area (Å²) in [4.78, 5) is 23.5. The van der Waals surface area contributed by atoms with E-state index in [1.54, 1.807) is 28.0 Å². The molecule has 0 bridgehead atoms. The highest BCUT2D eigenvalue weighted by molar-refractivity contribution is 7.98. The van der Waals surface area contributed by atoms with Gasteiger partial charge in [-0.3, -0.25) is 14.6 Å². The van der Waals surface area contributed by atoms with Gasteiger partial charge in [-0.05, 0) is 47.4 Å². The van der Waals surface area contributed by atoms with E-state index in [1.807, 2.05) is 42.5 Å². The molecule has 2 heterocycles. The van der Waals surface area contributed by atoms with Gasteiger partial charge in [0.25, 0.3) is 5.91 Å². The fraction of sp³-hybridized carbons (Fsp3) is 0.308. The predicted octanol–water partition coefficient (Wildman–Crippen LogP) is 4.92. The van der Waals surface area contributed by atoms with E-state index in [1.165, 1.54) is 4.90 Å². The third-order valence-electron chi connectivity index (χ3n) is 5.94. The molecule has 5 rings (SSSR count). The number of carbonyl (C=O) groups excluding carboxylic acids is 1. The molecule has 1 saturated heterocycles. The van der Waals surface area contributed by atoms with Crippen molar-refractivity contribution in [1.82, 2.24) is 9.88 Å². The van der Waals surface area contributed by atoms with Gasteiger partial charge in [-0.15, -0.1) is 11.8 Å². The van der Waals surface area contributed by atoms with E-state index in [9.17, 15) is 4.79 Å². The number of benzene rings is 3. The predicted molar refractivity (Wildman–Crippen MR) is 140 cm³/mol. The Hall–Kier alpha value is -2.65. The summed E-state index contributed by atoms with van der Waals surface area (Å²) in [5.74, 6) is 0.597. The van der Waals surface area contributed by atoms with Crippen molar-refractivity contribution in [2.45, 2.75) is 4.90 Å². The quantitative estimate of drug-likeness (QED) is 0.325. The molecule has 1 aliphatic heterocycles. The van der Waals surface area contributed by atoms with Crippen LogP contribution in [0.2, 0.25) is 0 Å². The molecule has 0 spiro atoms. The van der Waals surface area contributed by atoms with Crippen LogP contribution in [-0.4, -0.2) is 68.0 Å². The average Bonchev–Trinajstić information content (AvgIpc) is 3.31. The van der Waals surface area contributed by atoms with Crippen molar-refractivity contribution in [3.63, 3.8) is 0 Å². The van der Waals surface area contributed by atoms with Gasteiger partial charge in [0.2, 0.25) is 0 Å². The summed E-state index contributed by atoms with van der Waals surface area (Å²) >= 11 is 3.26. The Bertz CT molecular complexity index is 1290. The van der Waals surface area contributed by atoms with Crippen LogP contribution in [0.4, 0.5) is 5.13 Å². The number of fused-ring (bicyclic) bond motifs is 2. The maximum absolute atomic E-state index is 13.4. The summed E-state index contributed by atoms with van der Waals surface area (Å²) in [6, 6.07) is 20.3. The Labute approximate surface area is 207 Å². The van der Waals surface area contributed by atoms with Crippen LogP contribution < -0.4 is 9.64 Å². The number of anilines is 1. The third kappa shape index (κ3) is 5.36. The van der Waals surface area contributed by atoms with Gasteiger partial charge < -0.3 is 9.47 Å². The number of hydrogen-bond acceptors (Lipinski definition) is 7. The zero-order valence-electron chi connectivity index (χ0n) is 19.1. The molecular weight excluding hydrogens is 466 g/mol. The molecule has 6 nitrogen and oxygen atoms in total. The summed E-state index contributed by atoms with van der Waals surface area (Å²) in [6.45, 7) is 4.54. The van der Waals surface area contributed by atoms with E-state index in [0.717, 1.165) is 53.8 Å². The first kappa shape index (κ1) is 23.1.